The highest BCUT2D eigenvalue weighted by Crippen LogP contribution is 2.36. The number of rotatable bonds is 4. The maximum absolute atomic E-state index is 11.4. The first kappa shape index (κ1) is 13.6. The first-order chi connectivity index (χ1) is 10.0. The Balaban J connectivity index is 1.95. The lowest BCUT2D eigenvalue weighted by Gasteiger charge is -2.14. The van der Waals surface area contributed by atoms with Crippen molar-refractivity contribution < 1.29 is 9.72 Å². The van der Waals surface area contributed by atoms with E-state index in [0.717, 1.165) is 4.88 Å². The van der Waals surface area contributed by atoms with Crippen LogP contribution in [-0.4, -0.2) is 10.8 Å². The molecule has 108 valence electrons. The molecule has 0 saturated carbocycles. The van der Waals surface area contributed by atoms with Gasteiger partial charge in [-0.3, -0.25) is 14.9 Å². The number of thiophene rings is 1. The molecule has 21 heavy (non-hydrogen) atoms. The van der Waals surface area contributed by atoms with Crippen LogP contribution in [0.1, 0.15) is 23.4 Å². The quantitative estimate of drug-likeness (QED) is 0.670. The van der Waals surface area contributed by atoms with Crippen LogP contribution in [0.5, 0.6) is 0 Å². The molecule has 2 heterocycles. The predicted molar refractivity (Wildman–Crippen MR) is 81.8 cm³/mol. The van der Waals surface area contributed by atoms with Crippen molar-refractivity contribution in [2.45, 2.75) is 19.4 Å². The minimum atomic E-state index is -0.424. The minimum absolute atomic E-state index is 0.00587. The maximum Gasteiger partial charge on any atom is 0.292 e. The Kier molecular flexibility index (Phi) is 3.34. The second kappa shape index (κ2) is 5.17. The molecule has 0 aliphatic carbocycles. The third-order valence-electron chi connectivity index (χ3n) is 3.39. The molecule has 0 fully saturated rings. The number of carbonyl (C=O) groups is 1. The van der Waals surface area contributed by atoms with E-state index in [9.17, 15) is 14.9 Å². The van der Waals surface area contributed by atoms with Crippen LogP contribution in [0.15, 0.2) is 29.6 Å². The standard InChI is InChI=1S/C14H13N3O3S/c1-8(13-3-2-4-21-13)15-11-7-10-9(6-14(18)16-10)5-12(11)17(19)20/h2-5,7-8,15H,6H2,1H3,(H,16,18). The van der Waals surface area contributed by atoms with Crippen LogP contribution in [0.3, 0.4) is 0 Å². The molecule has 2 N–H and O–H groups in total. The van der Waals surface area contributed by atoms with Gasteiger partial charge in [0.25, 0.3) is 5.69 Å². The zero-order valence-electron chi connectivity index (χ0n) is 11.3. The zero-order valence-corrected chi connectivity index (χ0v) is 12.1. The van der Waals surface area contributed by atoms with Crippen molar-refractivity contribution >= 4 is 34.3 Å². The summed E-state index contributed by atoms with van der Waals surface area (Å²) in [6, 6.07) is 6.98. The van der Waals surface area contributed by atoms with Crippen molar-refractivity contribution in [1.82, 2.24) is 0 Å². The maximum atomic E-state index is 11.4. The Labute approximate surface area is 124 Å². The number of benzene rings is 1. The number of anilines is 2. The van der Waals surface area contributed by atoms with Gasteiger partial charge in [-0.1, -0.05) is 6.07 Å². The monoisotopic (exact) mass is 303 g/mol. The summed E-state index contributed by atoms with van der Waals surface area (Å²) in [5.41, 5.74) is 1.73. The molecule has 1 unspecified atom stereocenters. The van der Waals surface area contributed by atoms with E-state index in [1.54, 1.807) is 17.4 Å². The van der Waals surface area contributed by atoms with E-state index < -0.39 is 4.92 Å². The Hall–Kier alpha value is -2.41. The van der Waals surface area contributed by atoms with Crippen molar-refractivity contribution in [1.29, 1.82) is 0 Å². The fraction of sp³-hybridized carbons (Fsp3) is 0.214. The summed E-state index contributed by atoms with van der Waals surface area (Å²) in [4.78, 5) is 23.3. The average Bonchev–Trinajstić information content (AvgIpc) is 3.05. The van der Waals surface area contributed by atoms with Gasteiger partial charge in [-0.2, -0.15) is 0 Å². The molecule has 0 bridgehead atoms. The van der Waals surface area contributed by atoms with Crippen LogP contribution in [0.2, 0.25) is 0 Å². The molecule has 0 spiro atoms. The highest BCUT2D eigenvalue weighted by molar-refractivity contribution is 7.10. The number of carbonyl (C=O) groups excluding carboxylic acids is 1. The second-order valence-electron chi connectivity index (χ2n) is 4.89. The lowest BCUT2D eigenvalue weighted by atomic mass is 10.1. The number of hydrogen-bond acceptors (Lipinski definition) is 5. The number of nitro groups is 1. The van der Waals surface area contributed by atoms with Gasteiger partial charge < -0.3 is 10.6 Å². The summed E-state index contributed by atoms with van der Waals surface area (Å²) in [6.45, 7) is 1.95. The van der Waals surface area contributed by atoms with Crippen molar-refractivity contribution in [3.8, 4) is 0 Å². The Morgan fingerprint density at radius 1 is 1.48 bits per heavy atom. The van der Waals surface area contributed by atoms with Gasteiger partial charge in [-0.05, 0) is 30.0 Å². The summed E-state index contributed by atoms with van der Waals surface area (Å²) < 4.78 is 0. The lowest BCUT2D eigenvalue weighted by Crippen LogP contribution is -2.07. The summed E-state index contributed by atoms with van der Waals surface area (Å²) in [6.07, 6.45) is 0.191. The highest BCUT2D eigenvalue weighted by atomic mass is 32.1. The summed E-state index contributed by atoms with van der Waals surface area (Å²) in [7, 11) is 0. The SMILES string of the molecule is CC(Nc1cc2c(cc1[N+](=O)[O-])CC(=O)N2)c1cccs1. The lowest BCUT2D eigenvalue weighted by molar-refractivity contribution is -0.384. The molecule has 3 rings (SSSR count). The molecule has 1 aromatic heterocycles. The number of nitrogens with zero attached hydrogens (tertiary/aromatic N) is 1. The number of nitrogens with one attached hydrogen (secondary N) is 2. The molecule has 2 aromatic rings. The number of nitro benzene ring substituents is 1. The van der Waals surface area contributed by atoms with Gasteiger partial charge in [0.15, 0.2) is 0 Å². The number of amides is 1. The molecule has 1 aliphatic heterocycles. The highest BCUT2D eigenvalue weighted by Gasteiger charge is 2.25. The predicted octanol–water partition coefficient (Wildman–Crippen LogP) is 3.32. The molecule has 1 aliphatic rings. The Morgan fingerprint density at radius 2 is 2.29 bits per heavy atom. The van der Waals surface area contributed by atoms with E-state index in [2.05, 4.69) is 10.6 Å². The molecular formula is C14H13N3O3S. The van der Waals surface area contributed by atoms with E-state index >= 15 is 0 Å². The average molecular weight is 303 g/mol. The van der Waals surface area contributed by atoms with Crippen LogP contribution in [-0.2, 0) is 11.2 Å². The van der Waals surface area contributed by atoms with Crippen LogP contribution >= 0.6 is 11.3 Å². The topological polar surface area (TPSA) is 84.3 Å². The van der Waals surface area contributed by atoms with E-state index in [1.165, 1.54) is 6.07 Å². The first-order valence-electron chi connectivity index (χ1n) is 6.45. The second-order valence-corrected chi connectivity index (χ2v) is 5.87. The molecule has 1 atom stereocenters. The number of fused-ring (bicyclic) bond motifs is 1. The molecule has 0 saturated heterocycles. The minimum Gasteiger partial charge on any atom is -0.372 e. The summed E-state index contributed by atoms with van der Waals surface area (Å²) in [5, 5.41) is 19.1. The van der Waals surface area contributed by atoms with Crippen LogP contribution in [0.25, 0.3) is 0 Å². The normalized spacial score (nSPS) is 14.4. The molecule has 0 radical (unpaired) electrons. The molecular weight excluding hydrogens is 290 g/mol. The third-order valence-corrected chi connectivity index (χ3v) is 4.44. The molecule has 7 heteroatoms. The van der Waals surface area contributed by atoms with E-state index in [1.807, 2.05) is 24.4 Å². The van der Waals surface area contributed by atoms with Crippen molar-refractivity contribution in [2.24, 2.45) is 0 Å². The molecule has 6 nitrogen and oxygen atoms in total. The number of hydrogen-bond donors (Lipinski definition) is 2. The fourth-order valence-corrected chi connectivity index (χ4v) is 3.10. The summed E-state index contributed by atoms with van der Waals surface area (Å²) >= 11 is 1.59. The van der Waals surface area contributed by atoms with Crippen molar-refractivity contribution in [3.63, 3.8) is 0 Å². The van der Waals surface area contributed by atoms with Crippen LogP contribution in [0, 0.1) is 10.1 Å². The van der Waals surface area contributed by atoms with Gasteiger partial charge in [0.05, 0.1) is 17.4 Å². The van der Waals surface area contributed by atoms with E-state index in [-0.39, 0.29) is 24.1 Å². The van der Waals surface area contributed by atoms with E-state index in [4.69, 9.17) is 0 Å². The van der Waals surface area contributed by atoms with Gasteiger partial charge in [0.1, 0.15) is 5.69 Å². The van der Waals surface area contributed by atoms with Gasteiger partial charge in [-0.25, -0.2) is 0 Å². The Bertz CT molecular complexity index is 713. The smallest absolute Gasteiger partial charge is 0.292 e. The van der Waals surface area contributed by atoms with Gasteiger partial charge in [0, 0.05) is 16.6 Å². The van der Waals surface area contributed by atoms with Crippen molar-refractivity contribution in [2.75, 3.05) is 10.6 Å². The van der Waals surface area contributed by atoms with E-state index in [0.29, 0.717) is 16.9 Å². The third kappa shape index (κ3) is 2.59. The Morgan fingerprint density at radius 3 is 2.95 bits per heavy atom. The summed E-state index contributed by atoms with van der Waals surface area (Å²) in [5.74, 6) is -0.136. The molecule has 1 aromatic carbocycles. The van der Waals surface area contributed by atoms with Gasteiger partial charge in [0.2, 0.25) is 5.91 Å². The van der Waals surface area contributed by atoms with Gasteiger partial charge in [-0.15, -0.1) is 11.3 Å². The molecule has 1 amide bonds. The van der Waals surface area contributed by atoms with Crippen LogP contribution in [0.4, 0.5) is 17.1 Å². The fourth-order valence-electron chi connectivity index (χ4n) is 2.37. The zero-order chi connectivity index (χ0) is 15.0. The van der Waals surface area contributed by atoms with Crippen LogP contribution < -0.4 is 10.6 Å². The largest absolute Gasteiger partial charge is 0.372 e. The van der Waals surface area contributed by atoms with Gasteiger partial charge >= 0.3 is 0 Å². The first-order valence-corrected chi connectivity index (χ1v) is 7.33. The van der Waals surface area contributed by atoms with Crippen molar-refractivity contribution in [3.05, 3.63) is 50.2 Å².